The quantitative estimate of drug-likeness (QED) is 0.538. The van der Waals surface area contributed by atoms with E-state index < -0.39 is 11.6 Å². The molecule has 2 amide bonds. The predicted octanol–water partition coefficient (Wildman–Crippen LogP) is 5.43. The van der Waals surface area contributed by atoms with Crippen molar-refractivity contribution in [3.8, 4) is 0 Å². The minimum atomic E-state index is -0.593. The van der Waals surface area contributed by atoms with Crippen LogP contribution in [0.25, 0.3) is 0 Å². The number of benzene rings is 2. The van der Waals surface area contributed by atoms with Gasteiger partial charge in [-0.05, 0) is 44.9 Å². The van der Waals surface area contributed by atoms with Gasteiger partial charge < -0.3 is 10.2 Å². The fraction of sp³-hybridized carbons (Fsp3) is 0.417. The molecule has 1 N–H and O–H groups in total. The first-order valence-electron chi connectivity index (χ1n) is 10.3. The number of carbonyl (C=O) groups is 2. The predicted molar refractivity (Wildman–Crippen MR) is 127 cm³/mol. The van der Waals surface area contributed by atoms with Gasteiger partial charge in [-0.1, -0.05) is 54.9 Å². The Balaban J connectivity index is 2.16. The van der Waals surface area contributed by atoms with E-state index in [1.165, 1.54) is 17.8 Å². The number of hydrogen-bond acceptors (Lipinski definition) is 3. The van der Waals surface area contributed by atoms with E-state index in [4.69, 9.17) is 11.6 Å². The van der Waals surface area contributed by atoms with Gasteiger partial charge in [0.15, 0.2) is 0 Å². The summed E-state index contributed by atoms with van der Waals surface area (Å²) in [6, 6.07) is 13.5. The Bertz CT molecular complexity index is 867. The van der Waals surface area contributed by atoms with Crippen LogP contribution in [-0.4, -0.2) is 34.0 Å². The molecule has 0 saturated heterocycles. The highest BCUT2D eigenvalue weighted by atomic mass is 35.5. The molecular formula is C24H30ClFN2O2S. The van der Waals surface area contributed by atoms with Crippen LogP contribution < -0.4 is 5.32 Å². The monoisotopic (exact) mass is 464 g/mol. The molecule has 1 atom stereocenters. The number of amides is 2. The molecule has 4 nitrogen and oxygen atoms in total. The fourth-order valence-electron chi connectivity index (χ4n) is 3.15. The Hall–Kier alpha value is -2.05. The van der Waals surface area contributed by atoms with Crippen LogP contribution in [0.1, 0.15) is 45.2 Å². The Kier molecular flexibility index (Phi) is 9.38. The summed E-state index contributed by atoms with van der Waals surface area (Å²) in [4.78, 5) is 27.7. The maximum absolute atomic E-state index is 14.0. The van der Waals surface area contributed by atoms with Crippen LogP contribution >= 0.6 is 23.4 Å². The van der Waals surface area contributed by atoms with Crippen molar-refractivity contribution >= 4 is 35.2 Å². The van der Waals surface area contributed by atoms with Gasteiger partial charge in [0.25, 0.3) is 0 Å². The number of hydrogen-bond donors (Lipinski definition) is 1. The standard InChI is InChI=1S/C24H30ClFN2O2S/c1-5-21(23(30)27-24(2,3)4)28(14-17-10-7-6-8-11-17)22(29)16-31-15-18-19(25)12-9-13-20(18)26/h6-13,21H,5,14-16H2,1-4H3,(H,27,30)/t21-/m1/s1. The summed E-state index contributed by atoms with van der Waals surface area (Å²) in [6.07, 6.45) is 0.490. The van der Waals surface area contributed by atoms with Gasteiger partial charge in [0.05, 0.1) is 5.75 Å². The lowest BCUT2D eigenvalue weighted by molar-refractivity contribution is -0.140. The van der Waals surface area contributed by atoms with Crippen molar-refractivity contribution in [2.75, 3.05) is 5.75 Å². The van der Waals surface area contributed by atoms with Gasteiger partial charge in [-0.25, -0.2) is 4.39 Å². The molecular weight excluding hydrogens is 435 g/mol. The van der Waals surface area contributed by atoms with E-state index in [-0.39, 0.29) is 29.1 Å². The zero-order valence-corrected chi connectivity index (χ0v) is 20.0. The number of rotatable bonds is 9. The van der Waals surface area contributed by atoms with E-state index >= 15 is 0 Å². The molecule has 168 valence electrons. The molecule has 2 aromatic rings. The third-order valence-electron chi connectivity index (χ3n) is 4.61. The van der Waals surface area contributed by atoms with E-state index in [1.807, 2.05) is 58.0 Å². The van der Waals surface area contributed by atoms with Crippen LogP contribution in [0, 0.1) is 5.82 Å². The molecule has 0 aliphatic carbocycles. The first-order valence-corrected chi connectivity index (χ1v) is 11.8. The maximum atomic E-state index is 14.0. The number of carbonyl (C=O) groups excluding carboxylic acids is 2. The SMILES string of the molecule is CC[C@H](C(=O)NC(C)(C)C)N(Cc1ccccc1)C(=O)CSCc1c(F)cccc1Cl. The number of nitrogens with one attached hydrogen (secondary N) is 1. The minimum Gasteiger partial charge on any atom is -0.350 e. The lowest BCUT2D eigenvalue weighted by atomic mass is 10.1. The Morgan fingerprint density at radius 2 is 1.81 bits per heavy atom. The molecule has 2 aromatic carbocycles. The molecule has 0 bridgehead atoms. The summed E-state index contributed by atoms with van der Waals surface area (Å²) in [6.45, 7) is 7.96. The van der Waals surface area contributed by atoms with Crippen LogP contribution in [0.5, 0.6) is 0 Å². The summed E-state index contributed by atoms with van der Waals surface area (Å²) in [5.74, 6) is -0.332. The van der Waals surface area contributed by atoms with E-state index in [1.54, 1.807) is 17.0 Å². The zero-order chi connectivity index (χ0) is 23.0. The second kappa shape index (κ2) is 11.5. The van der Waals surface area contributed by atoms with Gasteiger partial charge in [-0.3, -0.25) is 9.59 Å². The molecule has 0 aromatic heterocycles. The van der Waals surface area contributed by atoms with Gasteiger partial charge >= 0.3 is 0 Å². The highest BCUT2D eigenvalue weighted by Gasteiger charge is 2.30. The van der Waals surface area contributed by atoms with E-state index in [0.717, 1.165) is 5.56 Å². The first kappa shape index (κ1) is 25.2. The summed E-state index contributed by atoms with van der Waals surface area (Å²) < 4.78 is 14.0. The summed E-state index contributed by atoms with van der Waals surface area (Å²) in [5.41, 5.74) is 0.927. The molecule has 0 aliphatic heterocycles. The largest absolute Gasteiger partial charge is 0.350 e. The van der Waals surface area contributed by atoms with Crippen LogP contribution in [0.4, 0.5) is 4.39 Å². The molecule has 0 heterocycles. The molecule has 0 unspecified atom stereocenters. The lowest BCUT2D eigenvalue weighted by Crippen LogP contribution is -2.53. The summed E-state index contributed by atoms with van der Waals surface area (Å²) in [5, 5.41) is 3.33. The molecule has 7 heteroatoms. The molecule has 0 aliphatic rings. The maximum Gasteiger partial charge on any atom is 0.243 e. The van der Waals surface area contributed by atoms with Gasteiger partial charge in [-0.15, -0.1) is 11.8 Å². The average Bonchev–Trinajstić information content (AvgIpc) is 2.69. The van der Waals surface area contributed by atoms with Crippen LogP contribution in [0.3, 0.4) is 0 Å². The van der Waals surface area contributed by atoms with E-state index in [0.29, 0.717) is 23.6 Å². The average molecular weight is 465 g/mol. The smallest absolute Gasteiger partial charge is 0.243 e. The topological polar surface area (TPSA) is 49.4 Å². The van der Waals surface area contributed by atoms with Crippen molar-refractivity contribution in [1.29, 1.82) is 0 Å². The number of thioether (sulfide) groups is 1. The summed E-state index contributed by atoms with van der Waals surface area (Å²) >= 11 is 7.38. The van der Waals surface area contributed by atoms with Crippen molar-refractivity contribution in [3.63, 3.8) is 0 Å². The van der Waals surface area contributed by atoms with Crippen molar-refractivity contribution in [3.05, 3.63) is 70.5 Å². The molecule has 2 rings (SSSR count). The van der Waals surface area contributed by atoms with E-state index in [2.05, 4.69) is 5.32 Å². The molecule has 0 fully saturated rings. The van der Waals surface area contributed by atoms with Crippen LogP contribution in [-0.2, 0) is 21.9 Å². The molecule has 31 heavy (non-hydrogen) atoms. The Labute approximate surface area is 193 Å². The van der Waals surface area contributed by atoms with Crippen molar-refractivity contribution in [2.45, 2.75) is 58.0 Å². The third-order valence-corrected chi connectivity index (χ3v) is 5.91. The third kappa shape index (κ3) is 7.86. The summed E-state index contributed by atoms with van der Waals surface area (Å²) in [7, 11) is 0. The van der Waals surface area contributed by atoms with Gasteiger partial charge in [0.2, 0.25) is 11.8 Å². The zero-order valence-electron chi connectivity index (χ0n) is 18.5. The number of halogens is 2. The fourth-order valence-corrected chi connectivity index (χ4v) is 4.40. The van der Waals surface area contributed by atoms with Crippen LogP contribution in [0.15, 0.2) is 48.5 Å². The lowest BCUT2D eigenvalue weighted by Gasteiger charge is -2.33. The Morgan fingerprint density at radius 1 is 1.13 bits per heavy atom. The van der Waals surface area contributed by atoms with Gasteiger partial charge in [0.1, 0.15) is 11.9 Å². The minimum absolute atomic E-state index is 0.122. The Morgan fingerprint density at radius 3 is 2.39 bits per heavy atom. The second-order valence-electron chi connectivity index (χ2n) is 8.36. The van der Waals surface area contributed by atoms with Gasteiger partial charge in [-0.2, -0.15) is 0 Å². The van der Waals surface area contributed by atoms with Crippen molar-refractivity contribution < 1.29 is 14.0 Å². The van der Waals surface area contributed by atoms with Crippen LogP contribution in [0.2, 0.25) is 5.02 Å². The van der Waals surface area contributed by atoms with E-state index in [9.17, 15) is 14.0 Å². The normalized spacial score (nSPS) is 12.3. The molecule has 0 radical (unpaired) electrons. The molecule has 0 spiro atoms. The van der Waals surface area contributed by atoms with Crippen molar-refractivity contribution in [2.24, 2.45) is 0 Å². The highest BCUT2D eigenvalue weighted by Crippen LogP contribution is 2.24. The molecule has 0 saturated carbocycles. The number of nitrogens with zero attached hydrogens (tertiary/aromatic N) is 1. The van der Waals surface area contributed by atoms with Crippen molar-refractivity contribution in [1.82, 2.24) is 10.2 Å². The second-order valence-corrected chi connectivity index (χ2v) is 9.76. The van der Waals surface area contributed by atoms with Gasteiger partial charge in [0, 0.05) is 28.4 Å². The first-order chi connectivity index (χ1) is 14.6. The highest BCUT2D eigenvalue weighted by molar-refractivity contribution is 7.99.